The summed E-state index contributed by atoms with van der Waals surface area (Å²) in [5.74, 6) is -1.20. The van der Waals surface area contributed by atoms with Crippen molar-refractivity contribution in [2.24, 2.45) is 0 Å². The molecule has 0 saturated carbocycles. The lowest BCUT2D eigenvalue weighted by molar-refractivity contribution is 0.0690. The molecule has 0 aliphatic carbocycles. The van der Waals surface area contributed by atoms with Crippen LogP contribution in [0.2, 0.25) is 0 Å². The van der Waals surface area contributed by atoms with Crippen LogP contribution in [0.1, 0.15) is 21.7 Å². The van der Waals surface area contributed by atoms with Crippen LogP contribution >= 0.6 is 0 Å². The number of carboxylic acid groups (broad SMARTS) is 1. The zero-order valence-corrected chi connectivity index (χ0v) is 11.0. The molecule has 102 valence electrons. The fourth-order valence-electron chi connectivity index (χ4n) is 1.86. The van der Waals surface area contributed by atoms with Gasteiger partial charge >= 0.3 is 5.97 Å². The number of aromatic nitrogens is 3. The second-order valence-electron chi connectivity index (χ2n) is 3.98. The van der Waals surface area contributed by atoms with Crippen LogP contribution in [0.25, 0.3) is 0 Å². The summed E-state index contributed by atoms with van der Waals surface area (Å²) in [5, 5.41) is 15.1. The quantitative estimate of drug-likeness (QED) is 0.661. The molecule has 0 spiro atoms. The monoisotopic (exact) mass is 284 g/mol. The zero-order valence-electron chi connectivity index (χ0n) is 10.2. The van der Waals surface area contributed by atoms with E-state index in [0.717, 1.165) is 0 Å². The number of hydrogen-bond acceptors (Lipinski definition) is 4. The van der Waals surface area contributed by atoms with Crippen molar-refractivity contribution in [1.29, 1.82) is 0 Å². The largest absolute Gasteiger partial charge is 0.477 e. The number of aryl methyl sites for hydroxylation is 1. The maximum absolute atomic E-state index is 12.2. The Hall–Kier alpha value is -2.29. The van der Waals surface area contributed by atoms with Gasteiger partial charge in [-0.2, -0.15) is 5.10 Å². The highest BCUT2D eigenvalue weighted by atomic mass is 32.2. The predicted molar refractivity (Wildman–Crippen MR) is 66.6 cm³/mol. The highest BCUT2D eigenvalue weighted by Crippen LogP contribution is 2.25. The molecule has 0 aliphatic heterocycles. The molecule has 0 saturated heterocycles. The summed E-state index contributed by atoms with van der Waals surface area (Å²) < 4.78 is 26.7. The number of sulfonamides is 1. The molecular formula is C10H12N4O4S. The summed E-state index contributed by atoms with van der Waals surface area (Å²) >= 11 is 0. The molecule has 0 amide bonds. The van der Waals surface area contributed by atoms with Crippen LogP contribution < -0.4 is 4.72 Å². The van der Waals surface area contributed by atoms with Crippen LogP contribution in [-0.2, 0) is 10.0 Å². The van der Waals surface area contributed by atoms with E-state index >= 15 is 0 Å². The summed E-state index contributed by atoms with van der Waals surface area (Å²) in [4.78, 5) is 13.5. The lowest BCUT2D eigenvalue weighted by atomic mass is 10.2. The van der Waals surface area contributed by atoms with Gasteiger partial charge in [0.2, 0.25) is 0 Å². The van der Waals surface area contributed by atoms with Gasteiger partial charge in [0.25, 0.3) is 10.0 Å². The Balaban J connectivity index is 2.49. The average molecular weight is 284 g/mol. The Labute approximate surface area is 108 Å². The van der Waals surface area contributed by atoms with Gasteiger partial charge < -0.3 is 10.1 Å². The normalized spacial score (nSPS) is 11.5. The number of carbonyl (C=O) groups is 1. The second-order valence-corrected chi connectivity index (χ2v) is 5.60. The van der Waals surface area contributed by atoms with Crippen molar-refractivity contribution in [3.63, 3.8) is 0 Å². The van der Waals surface area contributed by atoms with Crippen molar-refractivity contribution in [2.45, 2.75) is 18.7 Å². The number of rotatable bonds is 4. The zero-order chi connectivity index (χ0) is 14.2. The molecule has 0 fully saturated rings. The number of nitrogens with zero attached hydrogens (tertiary/aromatic N) is 1. The maximum atomic E-state index is 12.2. The number of nitrogens with one attached hydrogen (secondary N) is 3. The molecule has 0 bridgehead atoms. The molecule has 9 heteroatoms. The third-order valence-electron chi connectivity index (χ3n) is 2.60. The number of hydrogen-bond donors (Lipinski definition) is 4. The van der Waals surface area contributed by atoms with Gasteiger partial charge in [0, 0.05) is 17.5 Å². The van der Waals surface area contributed by atoms with Gasteiger partial charge in [0.1, 0.15) is 10.6 Å². The number of H-pyrrole nitrogens is 2. The first-order valence-corrected chi connectivity index (χ1v) is 6.75. The minimum atomic E-state index is -3.86. The molecule has 19 heavy (non-hydrogen) atoms. The number of aromatic carboxylic acids is 1. The molecule has 0 aromatic carbocycles. The van der Waals surface area contributed by atoms with Gasteiger partial charge in [-0.1, -0.05) is 0 Å². The minimum Gasteiger partial charge on any atom is -0.477 e. The standard InChI is InChI=1S/C10H12N4O4S/c1-5-8(10(15)16)13-6(2)9(5)19(17,18)14-7-3-11-12-4-7/h3-4,13-14H,1-2H3,(H,11,12)(H,15,16). The smallest absolute Gasteiger partial charge is 0.352 e. The van der Waals surface area contributed by atoms with Crippen LogP contribution in [0.4, 0.5) is 5.69 Å². The van der Waals surface area contributed by atoms with Crippen molar-refractivity contribution in [1.82, 2.24) is 15.2 Å². The van der Waals surface area contributed by atoms with Crippen LogP contribution in [-0.4, -0.2) is 34.7 Å². The average Bonchev–Trinajstić information content (AvgIpc) is 2.86. The molecule has 0 atom stereocenters. The highest BCUT2D eigenvalue weighted by Gasteiger charge is 2.26. The van der Waals surface area contributed by atoms with Gasteiger partial charge in [-0.25, -0.2) is 13.2 Å². The summed E-state index contributed by atoms with van der Waals surface area (Å²) in [6, 6.07) is 0. The molecule has 0 aliphatic rings. The van der Waals surface area contributed by atoms with Crippen LogP contribution in [0.5, 0.6) is 0 Å². The maximum Gasteiger partial charge on any atom is 0.352 e. The Morgan fingerprint density at radius 3 is 2.58 bits per heavy atom. The third kappa shape index (κ3) is 2.32. The summed E-state index contributed by atoms with van der Waals surface area (Å²) in [5.41, 5.74) is 0.578. The molecule has 0 radical (unpaired) electrons. The van der Waals surface area contributed by atoms with Crippen LogP contribution in [0.15, 0.2) is 17.3 Å². The predicted octanol–water partition coefficient (Wildman–Crippen LogP) is 0.854. The fourth-order valence-corrected chi connectivity index (χ4v) is 3.35. The third-order valence-corrected chi connectivity index (χ3v) is 4.26. The van der Waals surface area contributed by atoms with E-state index in [1.165, 1.54) is 26.2 Å². The van der Waals surface area contributed by atoms with E-state index in [-0.39, 0.29) is 27.5 Å². The number of aromatic amines is 2. The number of carboxylic acids is 1. The van der Waals surface area contributed by atoms with Gasteiger partial charge in [-0.15, -0.1) is 0 Å². The van der Waals surface area contributed by atoms with Gasteiger partial charge in [-0.3, -0.25) is 9.82 Å². The lowest BCUT2D eigenvalue weighted by Crippen LogP contribution is -2.14. The molecule has 0 unspecified atom stereocenters. The second kappa shape index (κ2) is 4.43. The highest BCUT2D eigenvalue weighted by molar-refractivity contribution is 7.92. The molecular weight excluding hydrogens is 272 g/mol. The van der Waals surface area contributed by atoms with E-state index < -0.39 is 16.0 Å². The van der Waals surface area contributed by atoms with Crippen molar-refractivity contribution in [3.8, 4) is 0 Å². The fraction of sp³-hybridized carbons (Fsp3) is 0.200. The van der Waals surface area contributed by atoms with E-state index in [0.29, 0.717) is 0 Å². The van der Waals surface area contributed by atoms with Gasteiger partial charge in [-0.05, 0) is 13.8 Å². The topological polar surface area (TPSA) is 128 Å². The molecule has 2 heterocycles. The molecule has 2 aromatic heterocycles. The van der Waals surface area contributed by atoms with Crippen LogP contribution in [0.3, 0.4) is 0 Å². The summed E-state index contributed by atoms with van der Waals surface area (Å²) in [6.45, 7) is 2.94. The first-order chi connectivity index (χ1) is 8.83. The van der Waals surface area contributed by atoms with E-state index in [2.05, 4.69) is 19.9 Å². The molecule has 8 nitrogen and oxygen atoms in total. The van der Waals surface area contributed by atoms with E-state index in [1.807, 2.05) is 0 Å². The van der Waals surface area contributed by atoms with E-state index in [9.17, 15) is 13.2 Å². The minimum absolute atomic E-state index is 0.0638. The van der Waals surface area contributed by atoms with Gasteiger partial charge in [0.05, 0.1) is 11.9 Å². The summed E-state index contributed by atoms with van der Waals surface area (Å²) in [6.07, 6.45) is 2.69. The lowest BCUT2D eigenvalue weighted by Gasteiger charge is -2.06. The van der Waals surface area contributed by atoms with Crippen molar-refractivity contribution in [2.75, 3.05) is 4.72 Å². The van der Waals surface area contributed by atoms with Crippen molar-refractivity contribution < 1.29 is 18.3 Å². The summed E-state index contributed by atoms with van der Waals surface area (Å²) in [7, 11) is -3.86. The molecule has 4 N–H and O–H groups in total. The first-order valence-electron chi connectivity index (χ1n) is 5.27. The Morgan fingerprint density at radius 1 is 1.42 bits per heavy atom. The Morgan fingerprint density at radius 2 is 2.11 bits per heavy atom. The van der Waals surface area contributed by atoms with E-state index in [4.69, 9.17) is 5.11 Å². The Bertz CT molecular complexity index is 715. The van der Waals surface area contributed by atoms with Gasteiger partial charge in [0.15, 0.2) is 0 Å². The van der Waals surface area contributed by atoms with Crippen LogP contribution in [0, 0.1) is 13.8 Å². The first kappa shape index (κ1) is 13.1. The van der Waals surface area contributed by atoms with Crippen molar-refractivity contribution >= 4 is 21.7 Å². The molecule has 2 aromatic rings. The SMILES string of the molecule is Cc1[nH]c(C(=O)O)c(C)c1S(=O)(=O)Nc1cn[nH]c1. The van der Waals surface area contributed by atoms with Crippen molar-refractivity contribution in [3.05, 3.63) is 29.3 Å². The molecule has 2 rings (SSSR count). The Kier molecular flexibility index (Phi) is 3.06. The van der Waals surface area contributed by atoms with E-state index in [1.54, 1.807) is 0 Å². The number of anilines is 1.